The van der Waals surface area contributed by atoms with E-state index in [-0.39, 0.29) is 0 Å². The van der Waals surface area contributed by atoms with Crippen LogP contribution in [0.5, 0.6) is 23.0 Å². The molecule has 0 aliphatic carbocycles. The molecule has 0 N–H and O–H groups in total. The van der Waals surface area contributed by atoms with Gasteiger partial charge in [0.25, 0.3) is 0 Å². The first kappa shape index (κ1) is 34.2. The van der Waals surface area contributed by atoms with Gasteiger partial charge in [0.15, 0.2) is 23.0 Å². The summed E-state index contributed by atoms with van der Waals surface area (Å²) in [5.41, 5.74) is 13.4. The van der Waals surface area contributed by atoms with E-state index < -0.39 is 0 Å². The lowest BCUT2D eigenvalue weighted by molar-refractivity contribution is 0.477. The van der Waals surface area contributed by atoms with Crippen LogP contribution in [0.25, 0.3) is 54.6 Å². The second-order valence-corrected chi connectivity index (χ2v) is 15.9. The van der Waals surface area contributed by atoms with Crippen molar-refractivity contribution >= 4 is 66.4 Å². The standard InChI is InChI=1S/C56H38N2O2/c1-35-29-36(2)31-40(30-35)56-44-28-26-41(57-47-15-5-9-19-51(47)59-52-20-10-6-16-48(52)57)33-45(44)55(39-24-23-37-13-3-4-14-38(37)32-39)43-27-25-42(34-46(43)56)58-49-17-7-11-21-53(49)60-54-22-12-8-18-50(54)58/h3-34H,1-2H3. The summed E-state index contributed by atoms with van der Waals surface area (Å²) in [6, 6.07) is 69.8. The summed E-state index contributed by atoms with van der Waals surface area (Å²) in [6.07, 6.45) is 0. The topological polar surface area (TPSA) is 24.9 Å². The Morgan fingerprint density at radius 2 is 0.733 bits per heavy atom. The molecule has 10 aromatic carbocycles. The van der Waals surface area contributed by atoms with Gasteiger partial charge in [-0.1, -0.05) is 126 Å². The van der Waals surface area contributed by atoms with Crippen LogP contribution < -0.4 is 19.3 Å². The summed E-state index contributed by atoms with van der Waals surface area (Å²) < 4.78 is 12.9. The Labute approximate surface area is 348 Å². The van der Waals surface area contributed by atoms with Crippen molar-refractivity contribution in [2.24, 2.45) is 0 Å². The number of fused-ring (bicyclic) bond motifs is 7. The van der Waals surface area contributed by atoms with Gasteiger partial charge in [-0.3, -0.25) is 0 Å². The Kier molecular flexibility index (Phi) is 7.63. The summed E-state index contributed by atoms with van der Waals surface area (Å²) in [5, 5.41) is 7.17. The number of benzene rings is 10. The largest absolute Gasteiger partial charge is 0.453 e. The van der Waals surface area contributed by atoms with Crippen molar-refractivity contribution in [3.05, 3.63) is 205 Å². The molecule has 0 saturated carbocycles. The maximum absolute atomic E-state index is 6.46. The van der Waals surface area contributed by atoms with E-state index >= 15 is 0 Å². The molecule has 2 aliphatic heterocycles. The number of para-hydroxylation sites is 8. The zero-order chi connectivity index (χ0) is 39.9. The molecule has 284 valence electrons. The van der Waals surface area contributed by atoms with Crippen LogP contribution in [0.1, 0.15) is 11.1 Å². The second-order valence-electron chi connectivity index (χ2n) is 15.9. The van der Waals surface area contributed by atoms with E-state index in [4.69, 9.17) is 9.47 Å². The van der Waals surface area contributed by atoms with Gasteiger partial charge in [0, 0.05) is 11.4 Å². The minimum absolute atomic E-state index is 0.833. The highest BCUT2D eigenvalue weighted by Gasteiger charge is 2.29. The molecular formula is C56H38N2O2. The maximum Gasteiger partial charge on any atom is 0.151 e. The second kappa shape index (κ2) is 13.4. The van der Waals surface area contributed by atoms with Crippen molar-refractivity contribution in [3.63, 3.8) is 0 Å². The van der Waals surface area contributed by atoms with Gasteiger partial charge in [-0.25, -0.2) is 0 Å². The van der Waals surface area contributed by atoms with E-state index in [1.165, 1.54) is 65.7 Å². The molecule has 0 aromatic heterocycles. The van der Waals surface area contributed by atoms with E-state index in [9.17, 15) is 0 Å². The number of anilines is 6. The van der Waals surface area contributed by atoms with Crippen molar-refractivity contribution < 1.29 is 9.47 Å². The quantitative estimate of drug-likeness (QED) is 0.166. The SMILES string of the molecule is Cc1cc(C)cc(-c2c3ccc(N4c5ccccc5Oc5ccccc54)cc3c(-c3ccc4ccccc4c3)c3ccc(N4c5ccccc5Oc5ccccc54)cc23)c1. The fourth-order valence-corrected chi connectivity index (χ4v) is 9.53. The fraction of sp³-hybridized carbons (Fsp3) is 0.0357. The van der Waals surface area contributed by atoms with Crippen LogP contribution in [0.15, 0.2) is 194 Å². The molecule has 2 aliphatic rings. The first-order valence-corrected chi connectivity index (χ1v) is 20.5. The van der Waals surface area contributed by atoms with Gasteiger partial charge in [-0.15, -0.1) is 0 Å². The zero-order valence-electron chi connectivity index (χ0n) is 33.2. The van der Waals surface area contributed by atoms with Gasteiger partial charge in [0.2, 0.25) is 0 Å². The number of rotatable bonds is 4. The third-order valence-corrected chi connectivity index (χ3v) is 12.0. The summed E-state index contributed by atoms with van der Waals surface area (Å²) in [4.78, 5) is 4.68. The van der Waals surface area contributed by atoms with E-state index in [1.807, 2.05) is 36.4 Å². The molecule has 0 fully saturated rings. The average molecular weight is 771 g/mol. The molecule has 0 bridgehead atoms. The normalized spacial score (nSPS) is 12.7. The molecule has 0 amide bonds. The van der Waals surface area contributed by atoms with Crippen molar-refractivity contribution in [3.8, 4) is 45.3 Å². The maximum atomic E-state index is 6.46. The highest BCUT2D eigenvalue weighted by molar-refractivity contribution is 6.23. The number of hydrogen-bond donors (Lipinski definition) is 0. The average Bonchev–Trinajstić information content (AvgIpc) is 3.28. The molecule has 0 radical (unpaired) electrons. The first-order chi connectivity index (χ1) is 29.6. The zero-order valence-corrected chi connectivity index (χ0v) is 33.2. The predicted molar refractivity (Wildman–Crippen MR) is 249 cm³/mol. The molecule has 10 aromatic rings. The molecule has 12 rings (SSSR count). The fourth-order valence-electron chi connectivity index (χ4n) is 9.53. The molecule has 4 nitrogen and oxygen atoms in total. The number of nitrogens with zero attached hydrogens (tertiary/aromatic N) is 2. The molecule has 60 heavy (non-hydrogen) atoms. The van der Waals surface area contributed by atoms with Crippen molar-refractivity contribution in [2.75, 3.05) is 9.80 Å². The van der Waals surface area contributed by atoms with Gasteiger partial charge in [-0.2, -0.15) is 0 Å². The lowest BCUT2D eigenvalue weighted by atomic mass is 9.84. The van der Waals surface area contributed by atoms with E-state index in [0.717, 1.165) is 57.1 Å². The Balaban J connectivity index is 1.20. The Bertz CT molecular complexity index is 3270. The van der Waals surface area contributed by atoms with Crippen LogP contribution in [0, 0.1) is 13.8 Å². The predicted octanol–water partition coefficient (Wildman–Crippen LogP) is 16.2. The van der Waals surface area contributed by atoms with Crippen LogP contribution >= 0.6 is 0 Å². The summed E-state index contributed by atoms with van der Waals surface area (Å²) in [5.74, 6) is 3.33. The van der Waals surface area contributed by atoms with Gasteiger partial charge < -0.3 is 19.3 Å². The highest BCUT2D eigenvalue weighted by atomic mass is 16.5. The third-order valence-electron chi connectivity index (χ3n) is 12.0. The molecule has 0 saturated heterocycles. The molecular weight excluding hydrogens is 733 g/mol. The highest BCUT2D eigenvalue weighted by Crippen LogP contribution is 2.54. The molecule has 0 unspecified atom stereocenters. The van der Waals surface area contributed by atoms with Crippen LogP contribution in [-0.2, 0) is 0 Å². The number of aryl methyl sites for hydroxylation is 2. The van der Waals surface area contributed by atoms with Crippen LogP contribution in [0.3, 0.4) is 0 Å². The Hall–Kier alpha value is -7.82. The number of ether oxygens (including phenoxy) is 2. The molecule has 2 heterocycles. The monoisotopic (exact) mass is 770 g/mol. The van der Waals surface area contributed by atoms with Crippen LogP contribution in [0.4, 0.5) is 34.1 Å². The van der Waals surface area contributed by atoms with Crippen molar-refractivity contribution in [1.82, 2.24) is 0 Å². The van der Waals surface area contributed by atoms with Crippen molar-refractivity contribution in [2.45, 2.75) is 13.8 Å². The molecule has 4 heteroatoms. The molecule has 0 atom stereocenters. The van der Waals surface area contributed by atoms with E-state index in [0.29, 0.717) is 0 Å². The summed E-state index contributed by atoms with van der Waals surface area (Å²) >= 11 is 0. The minimum atomic E-state index is 0.833. The third kappa shape index (κ3) is 5.38. The lowest BCUT2D eigenvalue weighted by Gasteiger charge is -2.33. The first-order valence-electron chi connectivity index (χ1n) is 20.5. The van der Waals surface area contributed by atoms with Crippen LogP contribution in [0.2, 0.25) is 0 Å². The van der Waals surface area contributed by atoms with Crippen molar-refractivity contribution in [1.29, 1.82) is 0 Å². The van der Waals surface area contributed by atoms with Gasteiger partial charge in [-0.05, 0) is 147 Å². The van der Waals surface area contributed by atoms with Gasteiger partial charge in [0.05, 0.1) is 22.7 Å². The van der Waals surface area contributed by atoms with E-state index in [2.05, 4.69) is 181 Å². The number of hydrogen-bond acceptors (Lipinski definition) is 4. The summed E-state index contributed by atoms with van der Waals surface area (Å²) in [7, 11) is 0. The lowest BCUT2D eigenvalue weighted by Crippen LogP contribution is -2.16. The van der Waals surface area contributed by atoms with Gasteiger partial charge in [0.1, 0.15) is 0 Å². The summed E-state index contributed by atoms with van der Waals surface area (Å²) in [6.45, 7) is 4.39. The Morgan fingerprint density at radius 1 is 0.317 bits per heavy atom. The smallest absolute Gasteiger partial charge is 0.151 e. The molecule has 0 spiro atoms. The van der Waals surface area contributed by atoms with Crippen LogP contribution in [-0.4, -0.2) is 0 Å². The minimum Gasteiger partial charge on any atom is -0.453 e. The van der Waals surface area contributed by atoms with Gasteiger partial charge >= 0.3 is 0 Å². The Morgan fingerprint density at radius 3 is 1.22 bits per heavy atom. The van der Waals surface area contributed by atoms with E-state index in [1.54, 1.807) is 0 Å².